The summed E-state index contributed by atoms with van der Waals surface area (Å²) in [5.41, 5.74) is 1.67. The third-order valence-electron chi connectivity index (χ3n) is 8.59. The molecule has 2 amide bonds. The number of aryl methyl sites for hydroxylation is 1. The third-order valence-corrected chi connectivity index (χ3v) is 8.59. The van der Waals surface area contributed by atoms with Crippen LogP contribution in [-0.2, 0) is 39.8 Å². The predicted molar refractivity (Wildman–Crippen MR) is 177 cm³/mol. The number of hydrogen-bond donors (Lipinski definition) is 1. The Bertz CT molecular complexity index is 1700. The Hall–Kier alpha value is -4.34. The van der Waals surface area contributed by atoms with Gasteiger partial charge in [0.2, 0.25) is 6.41 Å². The van der Waals surface area contributed by atoms with Gasteiger partial charge in [-0.1, -0.05) is 61.0 Å². The Balaban J connectivity index is 1.08. The lowest BCUT2D eigenvalue weighted by atomic mass is 9.90. The first kappa shape index (κ1) is 33.0. The predicted octanol–water partition coefficient (Wildman–Crippen LogP) is 5.82. The molecular formula is C37H42N2O7. The second-order valence-corrected chi connectivity index (χ2v) is 11.9. The van der Waals surface area contributed by atoms with E-state index in [9.17, 15) is 19.2 Å². The van der Waals surface area contributed by atoms with Crippen LogP contribution >= 0.6 is 0 Å². The van der Waals surface area contributed by atoms with Crippen LogP contribution in [0, 0.1) is 0 Å². The van der Waals surface area contributed by atoms with Gasteiger partial charge in [-0.05, 0) is 76.9 Å². The second-order valence-electron chi connectivity index (χ2n) is 11.9. The van der Waals surface area contributed by atoms with E-state index < -0.39 is 12.2 Å². The molecule has 0 spiro atoms. The van der Waals surface area contributed by atoms with Crippen LogP contribution < -0.4 is 5.32 Å². The number of likely N-dealkylation sites (N-methyl/N-ethyl adjacent to an activating group) is 1. The van der Waals surface area contributed by atoms with Gasteiger partial charge < -0.3 is 24.3 Å². The summed E-state index contributed by atoms with van der Waals surface area (Å²) < 4.78 is 17.0. The van der Waals surface area contributed by atoms with Gasteiger partial charge in [-0.15, -0.1) is 0 Å². The summed E-state index contributed by atoms with van der Waals surface area (Å²) in [5.74, 6) is -0.870. The number of carbonyl (C=O) groups is 4. The van der Waals surface area contributed by atoms with E-state index in [1.807, 2.05) is 0 Å². The average Bonchev–Trinajstić information content (AvgIpc) is 3.55. The van der Waals surface area contributed by atoms with Crippen LogP contribution in [0.15, 0.2) is 66.4 Å². The zero-order valence-corrected chi connectivity index (χ0v) is 26.6. The molecule has 4 aromatic rings. The Morgan fingerprint density at radius 2 is 1.67 bits per heavy atom. The van der Waals surface area contributed by atoms with E-state index in [2.05, 4.69) is 59.9 Å². The number of amides is 2. The number of Topliss-reactive ketones (excluding diaryl/α,β-unsaturated/α-hetero) is 1. The first-order valence-corrected chi connectivity index (χ1v) is 16.1. The van der Waals surface area contributed by atoms with Gasteiger partial charge in [0.1, 0.15) is 18.6 Å². The van der Waals surface area contributed by atoms with Crippen LogP contribution in [-0.4, -0.2) is 68.2 Å². The molecule has 1 aliphatic rings. The SMILES string of the molecule is CNC(=O)/C(=C\N(C=O)[C@H]1CCC(COC(=O)CCC(C)=O)O1)COCCCCCc1ccc2ccc3cccc4ccc1c2c34. The number of ether oxygens (including phenoxy) is 3. The van der Waals surface area contributed by atoms with Crippen molar-refractivity contribution in [3.8, 4) is 0 Å². The fourth-order valence-corrected chi connectivity index (χ4v) is 6.14. The molecule has 0 aliphatic carbocycles. The molecular weight excluding hydrogens is 584 g/mol. The summed E-state index contributed by atoms with van der Waals surface area (Å²) in [5, 5.41) is 10.4. The summed E-state index contributed by atoms with van der Waals surface area (Å²) >= 11 is 0. The lowest BCUT2D eigenvalue weighted by Gasteiger charge is -2.22. The zero-order valence-electron chi connectivity index (χ0n) is 26.6. The summed E-state index contributed by atoms with van der Waals surface area (Å²) in [6, 6.07) is 19.8. The van der Waals surface area contributed by atoms with Crippen LogP contribution in [0.5, 0.6) is 0 Å². The minimum absolute atomic E-state index is 0.0332. The minimum Gasteiger partial charge on any atom is -0.463 e. The first-order valence-electron chi connectivity index (χ1n) is 16.1. The van der Waals surface area contributed by atoms with Crippen LogP contribution in [0.2, 0.25) is 0 Å². The smallest absolute Gasteiger partial charge is 0.306 e. The zero-order chi connectivity index (χ0) is 32.5. The standard InChI is InChI=1S/C37H42N2O7/c1-25(41)10-19-34(42)45-23-31-16-18-33(46-31)39(24-40)21-30(37(43)38-2)22-44-20-5-3-4-7-26-11-12-29-14-13-27-8-6-9-28-15-17-32(26)36(29)35(27)28/h6,8-9,11-15,17,21,24,31,33H,3-5,7,10,16,18-20,22-23H2,1-2H3,(H,38,43)/b30-21-/t31?,33-/m1/s1. The molecule has 4 aromatic carbocycles. The number of ketones is 1. The molecule has 5 rings (SSSR count). The fraction of sp³-hybridized carbons (Fsp3) is 0.405. The van der Waals surface area contributed by atoms with E-state index in [0.29, 0.717) is 31.4 Å². The highest BCUT2D eigenvalue weighted by atomic mass is 16.6. The van der Waals surface area contributed by atoms with E-state index in [-0.39, 0.29) is 43.8 Å². The Labute approximate surface area is 269 Å². The van der Waals surface area contributed by atoms with Crippen LogP contribution in [0.1, 0.15) is 57.4 Å². The molecule has 2 atom stereocenters. The maximum Gasteiger partial charge on any atom is 0.306 e. The van der Waals surface area contributed by atoms with Crippen molar-refractivity contribution in [2.24, 2.45) is 0 Å². The van der Waals surface area contributed by atoms with Crippen molar-refractivity contribution in [1.82, 2.24) is 10.2 Å². The maximum atomic E-state index is 12.6. The normalized spacial score (nSPS) is 16.7. The lowest BCUT2D eigenvalue weighted by Crippen LogP contribution is -2.33. The summed E-state index contributed by atoms with van der Waals surface area (Å²) in [7, 11) is 1.53. The molecule has 1 heterocycles. The van der Waals surface area contributed by atoms with E-state index in [4.69, 9.17) is 14.2 Å². The summed E-state index contributed by atoms with van der Waals surface area (Å²) in [6.45, 7) is 2.02. The molecule has 1 fully saturated rings. The van der Waals surface area contributed by atoms with Gasteiger partial charge in [0, 0.05) is 26.3 Å². The Morgan fingerprint density at radius 1 is 0.935 bits per heavy atom. The average molecular weight is 627 g/mol. The number of esters is 1. The monoisotopic (exact) mass is 626 g/mol. The van der Waals surface area contributed by atoms with E-state index >= 15 is 0 Å². The van der Waals surface area contributed by atoms with Gasteiger partial charge in [-0.2, -0.15) is 0 Å². The van der Waals surface area contributed by atoms with Crippen molar-refractivity contribution in [3.05, 3.63) is 71.9 Å². The number of unbranched alkanes of at least 4 members (excludes halogenated alkanes) is 2. The third kappa shape index (κ3) is 8.08. The van der Waals surface area contributed by atoms with Gasteiger partial charge in [-0.25, -0.2) is 0 Å². The molecule has 1 unspecified atom stereocenters. The molecule has 9 heteroatoms. The molecule has 0 radical (unpaired) electrons. The number of nitrogens with one attached hydrogen (secondary N) is 1. The topological polar surface area (TPSA) is 111 Å². The molecule has 0 bridgehead atoms. The molecule has 0 saturated carbocycles. The van der Waals surface area contributed by atoms with Crippen molar-refractivity contribution in [2.75, 3.05) is 26.9 Å². The van der Waals surface area contributed by atoms with E-state index in [0.717, 1.165) is 25.7 Å². The molecule has 242 valence electrons. The summed E-state index contributed by atoms with van der Waals surface area (Å²) in [4.78, 5) is 48.7. The van der Waals surface area contributed by atoms with Gasteiger partial charge in [0.05, 0.1) is 24.7 Å². The number of nitrogens with zero attached hydrogens (tertiary/aromatic N) is 1. The molecule has 9 nitrogen and oxygen atoms in total. The molecule has 46 heavy (non-hydrogen) atoms. The minimum atomic E-state index is -0.585. The number of benzene rings is 4. The number of hydrogen-bond acceptors (Lipinski definition) is 7. The summed E-state index contributed by atoms with van der Waals surface area (Å²) in [6.07, 6.45) is 6.25. The molecule has 0 aromatic heterocycles. The van der Waals surface area contributed by atoms with E-state index in [1.54, 1.807) is 0 Å². The highest BCUT2D eigenvalue weighted by molar-refractivity contribution is 6.23. The van der Waals surface area contributed by atoms with Crippen molar-refractivity contribution < 1.29 is 33.4 Å². The van der Waals surface area contributed by atoms with Gasteiger partial charge >= 0.3 is 5.97 Å². The van der Waals surface area contributed by atoms with Crippen molar-refractivity contribution in [1.29, 1.82) is 0 Å². The highest BCUT2D eigenvalue weighted by Gasteiger charge is 2.30. The number of carbonyl (C=O) groups excluding carboxylic acids is 4. The van der Waals surface area contributed by atoms with Crippen LogP contribution in [0.4, 0.5) is 0 Å². The number of rotatable bonds is 17. The van der Waals surface area contributed by atoms with Gasteiger partial charge in [0.15, 0.2) is 0 Å². The van der Waals surface area contributed by atoms with Crippen molar-refractivity contribution in [2.45, 2.75) is 70.6 Å². The molecule has 1 saturated heterocycles. The highest BCUT2D eigenvalue weighted by Crippen LogP contribution is 2.36. The van der Waals surface area contributed by atoms with Gasteiger partial charge in [-0.3, -0.25) is 19.3 Å². The van der Waals surface area contributed by atoms with Crippen molar-refractivity contribution in [3.63, 3.8) is 0 Å². The van der Waals surface area contributed by atoms with Gasteiger partial charge in [0.25, 0.3) is 5.91 Å². The Kier molecular flexibility index (Phi) is 11.3. The lowest BCUT2D eigenvalue weighted by molar-refractivity contribution is -0.151. The van der Waals surface area contributed by atoms with E-state index in [1.165, 1.54) is 63.0 Å². The first-order chi connectivity index (χ1) is 22.4. The molecule has 1 N–H and O–H groups in total. The van der Waals surface area contributed by atoms with Crippen LogP contribution in [0.3, 0.4) is 0 Å². The molecule has 1 aliphatic heterocycles. The van der Waals surface area contributed by atoms with Crippen molar-refractivity contribution >= 4 is 56.4 Å². The fourth-order valence-electron chi connectivity index (χ4n) is 6.14. The van der Waals surface area contributed by atoms with Crippen LogP contribution in [0.25, 0.3) is 32.3 Å². The Morgan fingerprint density at radius 3 is 2.41 bits per heavy atom. The maximum absolute atomic E-state index is 12.6. The largest absolute Gasteiger partial charge is 0.463 e. The second kappa shape index (κ2) is 15.8. The quantitative estimate of drug-likeness (QED) is 0.0517.